The predicted octanol–water partition coefficient (Wildman–Crippen LogP) is 3.10. The third kappa shape index (κ3) is 5.01. The van der Waals surface area contributed by atoms with Crippen molar-refractivity contribution in [3.63, 3.8) is 0 Å². The standard InChI is InChI=1S/C14H20Cl2N2O/c1-11-5-3-4-6-13(11)17-14(19)12(2)18(9-7-15)10-8-16/h3-6,12H,7-10H2,1-2H3,(H,17,19). The SMILES string of the molecule is Cc1ccccc1NC(=O)C(C)N(CCCl)CCCl. The van der Waals surface area contributed by atoms with Crippen LogP contribution in [0, 0.1) is 6.92 Å². The number of nitrogens with zero attached hydrogens (tertiary/aromatic N) is 1. The van der Waals surface area contributed by atoms with Crippen molar-refractivity contribution in [2.24, 2.45) is 0 Å². The van der Waals surface area contributed by atoms with E-state index in [4.69, 9.17) is 23.2 Å². The summed E-state index contributed by atoms with van der Waals surface area (Å²) in [4.78, 5) is 14.2. The molecule has 0 bridgehead atoms. The number of benzene rings is 1. The summed E-state index contributed by atoms with van der Waals surface area (Å²) in [6.45, 7) is 5.13. The summed E-state index contributed by atoms with van der Waals surface area (Å²) in [5, 5.41) is 2.94. The van der Waals surface area contributed by atoms with Gasteiger partial charge in [0.05, 0.1) is 6.04 Å². The quantitative estimate of drug-likeness (QED) is 0.785. The first-order valence-corrected chi connectivity index (χ1v) is 7.39. The highest BCUT2D eigenvalue weighted by atomic mass is 35.5. The van der Waals surface area contributed by atoms with Gasteiger partial charge in [-0.1, -0.05) is 18.2 Å². The highest BCUT2D eigenvalue weighted by Crippen LogP contribution is 2.14. The Morgan fingerprint density at radius 2 is 1.84 bits per heavy atom. The van der Waals surface area contributed by atoms with Crippen LogP contribution in [0.1, 0.15) is 12.5 Å². The number of amides is 1. The van der Waals surface area contributed by atoms with Gasteiger partial charge in [-0.3, -0.25) is 9.69 Å². The van der Waals surface area contributed by atoms with E-state index in [1.807, 2.05) is 43.0 Å². The van der Waals surface area contributed by atoms with Gasteiger partial charge in [0.25, 0.3) is 0 Å². The second-order valence-corrected chi connectivity index (χ2v) is 5.15. The Morgan fingerprint density at radius 1 is 1.26 bits per heavy atom. The molecule has 0 saturated carbocycles. The van der Waals surface area contributed by atoms with Crippen molar-refractivity contribution >= 4 is 34.8 Å². The average molecular weight is 303 g/mol. The number of anilines is 1. The van der Waals surface area contributed by atoms with Gasteiger partial charge in [0.2, 0.25) is 5.91 Å². The highest BCUT2D eigenvalue weighted by Gasteiger charge is 2.20. The Labute approximate surface area is 124 Å². The summed E-state index contributed by atoms with van der Waals surface area (Å²) in [7, 11) is 0. The first-order valence-electron chi connectivity index (χ1n) is 6.32. The number of carbonyl (C=O) groups excluding carboxylic acids is 1. The molecule has 1 amide bonds. The molecule has 3 nitrogen and oxygen atoms in total. The van der Waals surface area contributed by atoms with Crippen LogP contribution < -0.4 is 5.32 Å². The first kappa shape index (κ1) is 16.3. The summed E-state index contributed by atoms with van der Waals surface area (Å²) in [5.74, 6) is 0.933. The van der Waals surface area contributed by atoms with E-state index in [0.717, 1.165) is 11.3 Å². The zero-order valence-electron chi connectivity index (χ0n) is 11.3. The number of nitrogens with one attached hydrogen (secondary N) is 1. The van der Waals surface area contributed by atoms with Crippen LogP contribution in [0.5, 0.6) is 0 Å². The van der Waals surface area contributed by atoms with E-state index < -0.39 is 0 Å². The minimum atomic E-state index is -0.253. The molecule has 1 rings (SSSR count). The number of para-hydroxylation sites is 1. The second-order valence-electron chi connectivity index (χ2n) is 4.39. The Bertz CT molecular complexity index is 406. The lowest BCUT2D eigenvalue weighted by atomic mass is 10.2. The molecule has 106 valence electrons. The molecular weight excluding hydrogens is 283 g/mol. The van der Waals surface area contributed by atoms with E-state index in [2.05, 4.69) is 5.32 Å². The van der Waals surface area contributed by atoms with Crippen molar-refractivity contribution < 1.29 is 4.79 Å². The van der Waals surface area contributed by atoms with Gasteiger partial charge < -0.3 is 5.32 Å². The molecule has 0 aromatic heterocycles. The fourth-order valence-electron chi connectivity index (χ4n) is 1.83. The van der Waals surface area contributed by atoms with Crippen molar-refractivity contribution in [1.29, 1.82) is 0 Å². The molecule has 1 aromatic rings. The van der Waals surface area contributed by atoms with Crippen LogP contribution in [0.3, 0.4) is 0 Å². The number of carbonyl (C=O) groups is 1. The number of hydrogen-bond acceptors (Lipinski definition) is 2. The Kier molecular flexibility index (Phi) is 7.21. The largest absolute Gasteiger partial charge is 0.324 e. The minimum absolute atomic E-state index is 0.0375. The molecule has 1 atom stereocenters. The summed E-state index contributed by atoms with van der Waals surface area (Å²) in [6.07, 6.45) is 0. The monoisotopic (exact) mass is 302 g/mol. The van der Waals surface area contributed by atoms with Crippen molar-refractivity contribution in [2.75, 3.05) is 30.2 Å². The fraction of sp³-hybridized carbons (Fsp3) is 0.500. The molecule has 1 aromatic carbocycles. The normalized spacial score (nSPS) is 12.5. The zero-order chi connectivity index (χ0) is 14.3. The van der Waals surface area contributed by atoms with Crippen LogP contribution in [0.25, 0.3) is 0 Å². The van der Waals surface area contributed by atoms with Gasteiger partial charge in [-0.05, 0) is 25.5 Å². The molecular formula is C14H20Cl2N2O. The lowest BCUT2D eigenvalue weighted by Crippen LogP contribution is -2.44. The van der Waals surface area contributed by atoms with E-state index in [1.54, 1.807) is 0 Å². The maximum absolute atomic E-state index is 12.2. The van der Waals surface area contributed by atoms with E-state index in [9.17, 15) is 4.79 Å². The summed E-state index contributed by atoms with van der Waals surface area (Å²) < 4.78 is 0. The van der Waals surface area contributed by atoms with Crippen molar-refractivity contribution in [1.82, 2.24) is 4.90 Å². The fourth-order valence-corrected chi connectivity index (χ4v) is 2.27. The Morgan fingerprint density at radius 3 is 2.37 bits per heavy atom. The summed E-state index contributed by atoms with van der Waals surface area (Å²) in [6, 6.07) is 7.46. The van der Waals surface area contributed by atoms with E-state index in [1.165, 1.54) is 0 Å². The lowest BCUT2D eigenvalue weighted by molar-refractivity contribution is -0.120. The van der Waals surface area contributed by atoms with Gasteiger partial charge in [0.15, 0.2) is 0 Å². The molecule has 0 spiro atoms. The summed E-state index contributed by atoms with van der Waals surface area (Å²) in [5.41, 5.74) is 1.89. The van der Waals surface area contributed by atoms with Crippen molar-refractivity contribution in [2.45, 2.75) is 19.9 Å². The molecule has 0 radical (unpaired) electrons. The van der Waals surface area contributed by atoms with Crippen LogP contribution in [0.15, 0.2) is 24.3 Å². The van der Waals surface area contributed by atoms with Gasteiger partial charge in [-0.25, -0.2) is 0 Å². The highest BCUT2D eigenvalue weighted by molar-refractivity contribution is 6.18. The van der Waals surface area contributed by atoms with Crippen molar-refractivity contribution in [3.05, 3.63) is 29.8 Å². The van der Waals surface area contributed by atoms with Crippen LogP contribution in [-0.2, 0) is 4.79 Å². The van der Waals surface area contributed by atoms with Crippen LogP contribution >= 0.6 is 23.2 Å². The Balaban J connectivity index is 2.68. The number of rotatable bonds is 7. The lowest BCUT2D eigenvalue weighted by Gasteiger charge is -2.26. The molecule has 5 heteroatoms. The van der Waals surface area contributed by atoms with Gasteiger partial charge in [-0.15, -0.1) is 23.2 Å². The predicted molar refractivity (Wildman–Crippen MR) is 82.3 cm³/mol. The topological polar surface area (TPSA) is 32.3 Å². The minimum Gasteiger partial charge on any atom is -0.324 e. The molecule has 1 N–H and O–H groups in total. The number of halogens is 2. The third-order valence-corrected chi connectivity index (χ3v) is 3.41. The van der Waals surface area contributed by atoms with E-state index >= 15 is 0 Å². The molecule has 0 aliphatic carbocycles. The van der Waals surface area contributed by atoms with E-state index in [-0.39, 0.29) is 11.9 Å². The molecule has 0 heterocycles. The zero-order valence-corrected chi connectivity index (χ0v) is 12.8. The molecule has 19 heavy (non-hydrogen) atoms. The maximum atomic E-state index is 12.2. The number of aryl methyl sites for hydroxylation is 1. The second kappa shape index (κ2) is 8.41. The smallest absolute Gasteiger partial charge is 0.241 e. The van der Waals surface area contributed by atoms with Gasteiger partial charge in [0, 0.05) is 30.5 Å². The van der Waals surface area contributed by atoms with Gasteiger partial charge in [-0.2, -0.15) is 0 Å². The number of hydrogen-bond donors (Lipinski definition) is 1. The van der Waals surface area contributed by atoms with E-state index in [0.29, 0.717) is 24.8 Å². The molecule has 0 aliphatic rings. The maximum Gasteiger partial charge on any atom is 0.241 e. The number of alkyl halides is 2. The van der Waals surface area contributed by atoms with Gasteiger partial charge in [0.1, 0.15) is 0 Å². The Hall–Kier alpha value is -0.770. The molecule has 0 aliphatic heterocycles. The summed E-state index contributed by atoms with van der Waals surface area (Å²) >= 11 is 11.5. The molecule has 0 fully saturated rings. The van der Waals surface area contributed by atoms with Crippen LogP contribution in [-0.4, -0.2) is 41.7 Å². The third-order valence-electron chi connectivity index (χ3n) is 3.07. The van der Waals surface area contributed by atoms with Gasteiger partial charge >= 0.3 is 0 Å². The van der Waals surface area contributed by atoms with Crippen LogP contribution in [0.4, 0.5) is 5.69 Å². The molecule has 1 unspecified atom stereocenters. The molecule has 0 saturated heterocycles. The van der Waals surface area contributed by atoms with Crippen molar-refractivity contribution in [3.8, 4) is 0 Å². The average Bonchev–Trinajstić information content (AvgIpc) is 2.40. The van der Waals surface area contributed by atoms with Crippen LogP contribution in [0.2, 0.25) is 0 Å². The first-order chi connectivity index (χ1) is 9.10.